The third-order valence-electron chi connectivity index (χ3n) is 5.65. The number of nitrogens with one attached hydrogen (secondary N) is 1. The predicted molar refractivity (Wildman–Crippen MR) is 101 cm³/mol. The summed E-state index contributed by atoms with van der Waals surface area (Å²) in [4.78, 5) is 38.7. The Hall–Kier alpha value is -2.63. The van der Waals surface area contributed by atoms with E-state index in [2.05, 4.69) is 11.9 Å². The fraction of sp³-hybridized carbons (Fsp3) is 0.476. The Kier molecular flexibility index (Phi) is 5.63. The molecule has 0 aromatic heterocycles. The number of esters is 1. The van der Waals surface area contributed by atoms with Gasteiger partial charge < -0.3 is 15.0 Å². The molecule has 2 fully saturated rings. The highest BCUT2D eigenvalue weighted by Crippen LogP contribution is 2.33. The molecule has 1 aromatic carbocycles. The summed E-state index contributed by atoms with van der Waals surface area (Å²) in [5.74, 6) is -0.727. The molecule has 1 saturated carbocycles. The number of hydrogen-bond donors (Lipinski definition) is 1. The maximum absolute atomic E-state index is 12.7. The average molecular weight is 370 g/mol. The molecule has 0 spiro atoms. The van der Waals surface area contributed by atoms with Crippen LogP contribution in [0.25, 0.3) is 0 Å². The van der Waals surface area contributed by atoms with Crippen LogP contribution < -0.4 is 5.32 Å². The van der Waals surface area contributed by atoms with E-state index in [-0.39, 0.29) is 23.8 Å². The van der Waals surface area contributed by atoms with Crippen molar-refractivity contribution in [1.82, 2.24) is 10.2 Å². The van der Waals surface area contributed by atoms with E-state index in [1.165, 1.54) is 13.2 Å². The van der Waals surface area contributed by atoms with Crippen LogP contribution in [0.1, 0.15) is 60.5 Å². The molecule has 1 aliphatic heterocycles. The van der Waals surface area contributed by atoms with Crippen molar-refractivity contribution in [2.24, 2.45) is 0 Å². The molecule has 6 nitrogen and oxygen atoms in total. The summed E-state index contributed by atoms with van der Waals surface area (Å²) in [5, 5.41) is 2.89. The van der Waals surface area contributed by atoms with Gasteiger partial charge in [-0.05, 0) is 49.5 Å². The second-order valence-electron chi connectivity index (χ2n) is 7.25. The maximum atomic E-state index is 12.7. The fourth-order valence-corrected chi connectivity index (χ4v) is 4.19. The summed E-state index contributed by atoms with van der Waals surface area (Å²) in [5.41, 5.74) is 0.583. The lowest BCUT2D eigenvalue weighted by Crippen LogP contribution is -2.53. The first-order valence-corrected chi connectivity index (χ1v) is 9.45. The monoisotopic (exact) mass is 370 g/mol. The Labute approximate surface area is 159 Å². The molecule has 1 N–H and O–H groups in total. The number of carbonyl (C=O) groups excluding carboxylic acids is 3. The third kappa shape index (κ3) is 3.75. The van der Waals surface area contributed by atoms with E-state index < -0.39 is 5.54 Å². The minimum absolute atomic E-state index is 0.0175. The smallest absolute Gasteiger partial charge is 0.331 e. The Morgan fingerprint density at radius 1 is 1.19 bits per heavy atom. The molecule has 27 heavy (non-hydrogen) atoms. The summed E-state index contributed by atoms with van der Waals surface area (Å²) in [6, 6.07) is 7.28. The largest absolute Gasteiger partial charge is 0.467 e. The second-order valence-corrected chi connectivity index (χ2v) is 7.25. The SMILES string of the molecule is C=CC(=O)N1CCCC1c1ccc(C(=O)NC2(C(=O)OC)CCCC2)cc1. The fourth-order valence-electron chi connectivity index (χ4n) is 4.19. The van der Waals surface area contributed by atoms with Gasteiger partial charge >= 0.3 is 5.97 Å². The number of likely N-dealkylation sites (tertiary alicyclic amines) is 1. The summed E-state index contributed by atoms with van der Waals surface area (Å²) in [7, 11) is 1.35. The molecule has 1 heterocycles. The van der Waals surface area contributed by atoms with Crippen LogP contribution in [0.15, 0.2) is 36.9 Å². The normalized spacial score (nSPS) is 20.9. The summed E-state index contributed by atoms with van der Waals surface area (Å²) >= 11 is 0. The van der Waals surface area contributed by atoms with Gasteiger partial charge in [-0.15, -0.1) is 0 Å². The van der Waals surface area contributed by atoms with Gasteiger partial charge in [0.25, 0.3) is 5.91 Å². The molecule has 1 atom stereocenters. The van der Waals surface area contributed by atoms with E-state index in [4.69, 9.17) is 4.74 Å². The highest BCUT2D eigenvalue weighted by molar-refractivity contribution is 5.98. The summed E-state index contributed by atoms with van der Waals surface area (Å²) in [6.07, 6.45) is 6.18. The molecule has 1 aliphatic carbocycles. The van der Waals surface area contributed by atoms with Crippen molar-refractivity contribution in [3.8, 4) is 0 Å². The number of ether oxygens (including phenoxy) is 1. The highest BCUT2D eigenvalue weighted by Gasteiger charge is 2.43. The number of benzene rings is 1. The van der Waals surface area contributed by atoms with Gasteiger partial charge in [0.1, 0.15) is 5.54 Å². The standard InChI is InChI=1S/C21H26N2O4/c1-3-18(24)23-14-6-7-17(23)15-8-10-16(11-9-15)19(25)22-21(20(26)27-2)12-4-5-13-21/h3,8-11,17H,1,4-7,12-14H2,2H3,(H,22,25). The highest BCUT2D eigenvalue weighted by atomic mass is 16.5. The number of methoxy groups -OCH3 is 1. The van der Waals surface area contributed by atoms with Crippen LogP contribution in [0.3, 0.4) is 0 Å². The van der Waals surface area contributed by atoms with Crippen LogP contribution in [0.5, 0.6) is 0 Å². The van der Waals surface area contributed by atoms with E-state index in [1.54, 1.807) is 12.1 Å². The first-order valence-electron chi connectivity index (χ1n) is 9.45. The van der Waals surface area contributed by atoms with Gasteiger partial charge in [-0.3, -0.25) is 9.59 Å². The van der Waals surface area contributed by atoms with Gasteiger partial charge in [0.2, 0.25) is 5.91 Å². The van der Waals surface area contributed by atoms with Crippen LogP contribution >= 0.6 is 0 Å². The van der Waals surface area contributed by atoms with Crippen molar-refractivity contribution in [3.05, 3.63) is 48.0 Å². The lowest BCUT2D eigenvalue weighted by Gasteiger charge is -2.27. The zero-order valence-electron chi connectivity index (χ0n) is 15.7. The first kappa shape index (κ1) is 19.1. The van der Waals surface area contributed by atoms with Gasteiger partial charge in [-0.25, -0.2) is 4.79 Å². The molecule has 1 aromatic rings. The van der Waals surface area contributed by atoms with Crippen LogP contribution in [0.2, 0.25) is 0 Å². The molecular formula is C21H26N2O4. The van der Waals surface area contributed by atoms with E-state index in [1.807, 2.05) is 17.0 Å². The Morgan fingerprint density at radius 2 is 1.85 bits per heavy atom. The van der Waals surface area contributed by atoms with Crippen molar-refractivity contribution in [3.63, 3.8) is 0 Å². The van der Waals surface area contributed by atoms with Crippen LogP contribution in [-0.2, 0) is 14.3 Å². The van der Waals surface area contributed by atoms with Gasteiger partial charge in [0.15, 0.2) is 0 Å². The molecule has 0 radical (unpaired) electrons. The summed E-state index contributed by atoms with van der Waals surface area (Å²) in [6.45, 7) is 4.29. The zero-order chi connectivity index (χ0) is 19.4. The molecule has 6 heteroatoms. The van der Waals surface area contributed by atoms with Crippen molar-refractivity contribution in [2.45, 2.75) is 50.1 Å². The van der Waals surface area contributed by atoms with E-state index in [9.17, 15) is 14.4 Å². The van der Waals surface area contributed by atoms with Gasteiger partial charge in [0, 0.05) is 12.1 Å². The van der Waals surface area contributed by atoms with Crippen molar-refractivity contribution in [1.29, 1.82) is 0 Å². The number of rotatable bonds is 5. The second kappa shape index (κ2) is 7.94. The molecule has 0 bridgehead atoms. The number of nitrogens with zero attached hydrogens (tertiary/aromatic N) is 1. The Bertz CT molecular complexity index is 735. The Balaban J connectivity index is 1.73. The lowest BCUT2D eigenvalue weighted by molar-refractivity contribution is -0.148. The molecule has 144 valence electrons. The van der Waals surface area contributed by atoms with Gasteiger partial charge in [0.05, 0.1) is 13.2 Å². The topological polar surface area (TPSA) is 75.7 Å². The molecule has 2 aliphatic rings. The molecular weight excluding hydrogens is 344 g/mol. The third-order valence-corrected chi connectivity index (χ3v) is 5.65. The van der Waals surface area contributed by atoms with Crippen LogP contribution in [0.4, 0.5) is 0 Å². The maximum Gasteiger partial charge on any atom is 0.331 e. The minimum Gasteiger partial charge on any atom is -0.467 e. The number of amides is 2. The van der Waals surface area contributed by atoms with Gasteiger partial charge in [-0.1, -0.05) is 31.6 Å². The Morgan fingerprint density at radius 3 is 2.44 bits per heavy atom. The molecule has 2 amide bonds. The van der Waals surface area contributed by atoms with Gasteiger partial charge in [-0.2, -0.15) is 0 Å². The number of carbonyl (C=O) groups is 3. The molecule has 1 saturated heterocycles. The number of hydrogen-bond acceptors (Lipinski definition) is 4. The average Bonchev–Trinajstić information content (AvgIpc) is 3.37. The zero-order valence-corrected chi connectivity index (χ0v) is 15.7. The lowest BCUT2D eigenvalue weighted by atomic mass is 9.96. The molecule has 3 rings (SSSR count). The van der Waals surface area contributed by atoms with E-state index in [0.29, 0.717) is 18.4 Å². The van der Waals surface area contributed by atoms with E-state index >= 15 is 0 Å². The minimum atomic E-state index is -0.914. The van der Waals surface area contributed by atoms with E-state index in [0.717, 1.165) is 37.8 Å². The predicted octanol–water partition coefficient (Wildman–Crippen LogP) is 2.75. The van der Waals surface area contributed by atoms with Crippen LogP contribution in [0, 0.1) is 0 Å². The van der Waals surface area contributed by atoms with Crippen LogP contribution in [-0.4, -0.2) is 41.9 Å². The quantitative estimate of drug-likeness (QED) is 0.639. The van der Waals surface area contributed by atoms with Crippen molar-refractivity contribution in [2.75, 3.05) is 13.7 Å². The first-order chi connectivity index (χ1) is 13.0. The molecule has 1 unspecified atom stereocenters. The summed E-state index contributed by atoms with van der Waals surface area (Å²) < 4.78 is 4.91. The van der Waals surface area contributed by atoms with Crippen molar-refractivity contribution >= 4 is 17.8 Å². The van der Waals surface area contributed by atoms with Crippen molar-refractivity contribution < 1.29 is 19.1 Å².